The number of hydroxylamine groups is 2. The molecule has 1 atom stereocenters. The van der Waals surface area contributed by atoms with E-state index in [0.29, 0.717) is 19.0 Å². The van der Waals surface area contributed by atoms with E-state index in [2.05, 4.69) is 29.2 Å². The van der Waals surface area contributed by atoms with E-state index >= 15 is 0 Å². The first-order chi connectivity index (χ1) is 10.2. The molecule has 1 amide bonds. The van der Waals surface area contributed by atoms with Gasteiger partial charge in [0.25, 0.3) is 5.91 Å². The lowest BCUT2D eigenvalue weighted by Gasteiger charge is -2.32. The van der Waals surface area contributed by atoms with E-state index in [4.69, 9.17) is 4.84 Å². The fourth-order valence-electron chi connectivity index (χ4n) is 3.07. The number of carbonyl (C=O) groups is 1. The highest BCUT2D eigenvalue weighted by Crippen LogP contribution is 2.27. The monoisotopic (exact) mass is 290 g/mol. The van der Waals surface area contributed by atoms with Crippen LogP contribution in [-0.2, 0) is 9.63 Å². The van der Waals surface area contributed by atoms with Gasteiger partial charge in [0.2, 0.25) is 0 Å². The summed E-state index contributed by atoms with van der Waals surface area (Å²) in [5.41, 5.74) is 1.40. The molecule has 0 aliphatic carbocycles. The van der Waals surface area contributed by atoms with Gasteiger partial charge in [-0.3, -0.25) is 14.5 Å². The molecule has 2 fully saturated rings. The van der Waals surface area contributed by atoms with E-state index in [9.17, 15) is 9.90 Å². The Kier molecular flexibility index (Phi) is 4.53. The standard InChI is InChI=1S/C16H22N2O3/c19-15-10-18(21-12-15)16(20)11-17-8-6-14(7-9-17)13-4-2-1-3-5-13/h1-5,14-15,19H,6-12H2/t15-/m0/s1. The summed E-state index contributed by atoms with van der Waals surface area (Å²) in [6.45, 7) is 2.76. The fraction of sp³-hybridized carbons (Fsp3) is 0.562. The van der Waals surface area contributed by atoms with Crippen molar-refractivity contribution < 1.29 is 14.7 Å². The molecule has 114 valence electrons. The van der Waals surface area contributed by atoms with Gasteiger partial charge in [-0.2, -0.15) is 0 Å². The average Bonchev–Trinajstić information content (AvgIpc) is 2.96. The van der Waals surface area contributed by atoms with Gasteiger partial charge in [0.1, 0.15) is 6.61 Å². The van der Waals surface area contributed by atoms with Crippen molar-refractivity contribution in [2.24, 2.45) is 0 Å². The molecule has 0 unspecified atom stereocenters. The molecule has 1 N–H and O–H groups in total. The van der Waals surface area contributed by atoms with Crippen LogP contribution in [0.1, 0.15) is 24.3 Å². The molecule has 0 aromatic heterocycles. The largest absolute Gasteiger partial charge is 0.389 e. The SMILES string of the molecule is O=C(CN1CCC(c2ccccc2)CC1)N1C[C@H](O)CO1. The van der Waals surface area contributed by atoms with Gasteiger partial charge in [-0.25, -0.2) is 5.06 Å². The molecule has 2 heterocycles. The number of nitrogens with zero attached hydrogens (tertiary/aromatic N) is 2. The second-order valence-corrected chi connectivity index (χ2v) is 5.87. The van der Waals surface area contributed by atoms with Crippen LogP contribution in [0.5, 0.6) is 0 Å². The summed E-state index contributed by atoms with van der Waals surface area (Å²) in [5, 5.41) is 10.7. The first kappa shape index (κ1) is 14.5. The normalized spacial score (nSPS) is 24.4. The van der Waals surface area contributed by atoms with E-state index in [0.717, 1.165) is 25.9 Å². The molecule has 0 saturated carbocycles. The van der Waals surface area contributed by atoms with Crippen molar-refractivity contribution in [1.29, 1.82) is 0 Å². The van der Waals surface area contributed by atoms with Gasteiger partial charge in [-0.05, 0) is 37.4 Å². The number of benzene rings is 1. The summed E-state index contributed by atoms with van der Waals surface area (Å²) in [7, 11) is 0. The predicted octanol–water partition coefficient (Wildman–Crippen LogP) is 1.00. The number of carbonyl (C=O) groups excluding carboxylic acids is 1. The van der Waals surface area contributed by atoms with Gasteiger partial charge in [-0.1, -0.05) is 30.3 Å². The van der Waals surface area contributed by atoms with Crippen molar-refractivity contribution in [3.05, 3.63) is 35.9 Å². The van der Waals surface area contributed by atoms with Crippen molar-refractivity contribution in [3.63, 3.8) is 0 Å². The summed E-state index contributed by atoms with van der Waals surface area (Å²) < 4.78 is 0. The van der Waals surface area contributed by atoms with Gasteiger partial charge in [-0.15, -0.1) is 0 Å². The van der Waals surface area contributed by atoms with Crippen molar-refractivity contribution in [2.75, 3.05) is 32.8 Å². The molecular weight excluding hydrogens is 268 g/mol. The maximum atomic E-state index is 12.1. The maximum Gasteiger partial charge on any atom is 0.260 e. The van der Waals surface area contributed by atoms with Crippen LogP contribution in [-0.4, -0.2) is 59.9 Å². The lowest BCUT2D eigenvalue weighted by molar-refractivity contribution is -0.170. The minimum absolute atomic E-state index is 0.0512. The minimum Gasteiger partial charge on any atom is -0.389 e. The lowest BCUT2D eigenvalue weighted by Crippen LogP contribution is -2.42. The molecule has 1 aromatic carbocycles. The fourth-order valence-corrected chi connectivity index (χ4v) is 3.07. The Bertz CT molecular complexity index is 472. The zero-order valence-electron chi connectivity index (χ0n) is 12.1. The van der Waals surface area contributed by atoms with Crippen LogP contribution in [0, 0.1) is 0 Å². The van der Waals surface area contributed by atoms with Gasteiger partial charge >= 0.3 is 0 Å². The van der Waals surface area contributed by atoms with Crippen LogP contribution >= 0.6 is 0 Å². The molecule has 0 bridgehead atoms. The molecule has 5 nitrogen and oxygen atoms in total. The van der Waals surface area contributed by atoms with E-state index in [1.807, 2.05) is 6.07 Å². The number of likely N-dealkylation sites (tertiary alicyclic amines) is 1. The Labute approximate surface area is 125 Å². The summed E-state index contributed by atoms with van der Waals surface area (Å²) in [6.07, 6.45) is 1.62. The van der Waals surface area contributed by atoms with E-state index < -0.39 is 6.10 Å². The molecule has 1 aromatic rings. The summed E-state index contributed by atoms with van der Waals surface area (Å²) >= 11 is 0. The first-order valence-corrected chi connectivity index (χ1v) is 7.61. The van der Waals surface area contributed by atoms with Gasteiger partial charge in [0.05, 0.1) is 19.2 Å². The van der Waals surface area contributed by atoms with E-state index in [1.165, 1.54) is 10.6 Å². The number of rotatable bonds is 3. The first-order valence-electron chi connectivity index (χ1n) is 7.61. The highest BCUT2D eigenvalue weighted by Gasteiger charge is 2.28. The topological polar surface area (TPSA) is 53.0 Å². The summed E-state index contributed by atoms with van der Waals surface area (Å²) in [5.74, 6) is 0.548. The average molecular weight is 290 g/mol. The van der Waals surface area contributed by atoms with Crippen LogP contribution in [0.15, 0.2) is 30.3 Å². The highest BCUT2D eigenvalue weighted by molar-refractivity contribution is 5.77. The highest BCUT2D eigenvalue weighted by atomic mass is 16.7. The number of amides is 1. The number of hydrogen-bond donors (Lipinski definition) is 1. The Morgan fingerprint density at radius 3 is 2.57 bits per heavy atom. The van der Waals surface area contributed by atoms with E-state index in [1.54, 1.807) is 0 Å². The number of aliphatic hydroxyl groups excluding tert-OH is 1. The second-order valence-electron chi connectivity index (χ2n) is 5.87. The Balaban J connectivity index is 1.47. The third-order valence-electron chi connectivity index (χ3n) is 4.29. The zero-order valence-corrected chi connectivity index (χ0v) is 12.1. The van der Waals surface area contributed by atoms with E-state index in [-0.39, 0.29) is 12.5 Å². The number of hydrogen-bond acceptors (Lipinski definition) is 4. The van der Waals surface area contributed by atoms with Crippen molar-refractivity contribution in [2.45, 2.75) is 24.9 Å². The van der Waals surface area contributed by atoms with Crippen LogP contribution < -0.4 is 0 Å². The second kappa shape index (κ2) is 6.56. The molecule has 5 heteroatoms. The molecule has 2 aliphatic heterocycles. The molecule has 0 radical (unpaired) electrons. The van der Waals surface area contributed by atoms with Crippen LogP contribution in [0.4, 0.5) is 0 Å². The number of β-amino-alcohol motifs (C(OH)–C–C–N with tert-alkyl or cyclic N) is 1. The van der Waals surface area contributed by atoms with Crippen LogP contribution in [0.3, 0.4) is 0 Å². The predicted molar refractivity (Wildman–Crippen MR) is 78.5 cm³/mol. The van der Waals surface area contributed by atoms with Crippen LogP contribution in [0.25, 0.3) is 0 Å². The van der Waals surface area contributed by atoms with Gasteiger partial charge in [0.15, 0.2) is 0 Å². The van der Waals surface area contributed by atoms with Crippen LogP contribution in [0.2, 0.25) is 0 Å². The Morgan fingerprint density at radius 2 is 1.95 bits per heavy atom. The quantitative estimate of drug-likeness (QED) is 0.902. The Hall–Kier alpha value is -1.43. The molecule has 3 rings (SSSR count). The molecule has 0 spiro atoms. The molecule has 2 saturated heterocycles. The third kappa shape index (κ3) is 3.61. The number of aliphatic hydroxyl groups is 1. The number of piperidine rings is 1. The minimum atomic E-state index is -0.544. The van der Waals surface area contributed by atoms with Gasteiger partial charge < -0.3 is 5.11 Å². The molecule has 2 aliphatic rings. The smallest absolute Gasteiger partial charge is 0.260 e. The molecule has 21 heavy (non-hydrogen) atoms. The molecular formula is C16H22N2O3. The zero-order chi connectivity index (χ0) is 14.7. The maximum absolute atomic E-state index is 12.1. The third-order valence-corrected chi connectivity index (χ3v) is 4.29. The van der Waals surface area contributed by atoms with Crippen molar-refractivity contribution in [1.82, 2.24) is 9.96 Å². The van der Waals surface area contributed by atoms with Gasteiger partial charge in [0, 0.05) is 0 Å². The Morgan fingerprint density at radius 1 is 1.24 bits per heavy atom. The lowest BCUT2D eigenvalue weighted by atomic mass is 9.89. The van der Waals surface area contributed by atoms with Crippen molar-refractivity contribution in [3.8, 4) is 0 Å². The summed E-state index contributed by atoms with van der Waals surface area (Å²) in [4.78, 5) is 19.4. The summed E-state index contributed by atoms with van der Waals surface area (Å²) in [6, 6.07) is 10.6. The van der Waals surface area contributed by atoms with Crippen molar-refractivity contribution >= 4 is 5.91 Å².